The minimum absolute atomic E-state index is 0.0147. The monoisotopic (exact) mass is 235 g/mol. The quantitative estimate of drug-likeness (QED) is 0.734. The first kappa shape index (κ1) is 13.7. The Bertz CT molecular complexity index is 376. The SMILES string of the molecule is CC[C@H](CC(=O)N(C)OC)c1cccc(C)c1. The predicted octanol–water partition coefficient (Wildman–Crippen LogP) is 2.90. The summed E-state index contributed by atoms with van der Waals surface area (Å²) in [6, 6.07) is 8.34. The van der Waals surface area contributed by atoms with Crippen LogP contribution in [0.4, 0.5) is 0 Å². The summed E-state index contributed by atoms with van der Waals surface area (Å²) in [5, 5.41) is 1.29. The van der Waals surface area contributed by atoms with Crippen LogP contribution in [0.25, 0.3) is 0 Å². The van der Waals surface area contributed by atoms with E-state index in [1.807, 2.05) is 6.07 Å². The largest absolute Gasteiger partial charge is 0.275 e. The number of hydrogen-bond acceptors (Lipinski definition) is 2. The summed E-state index contributed by atoms with van der Waals surface area (Å²) in [4.78, 5) is 16.7. The van der Waals surface area contributed by atoms with E-state index in [9.17, 15) is 4.79 Å². The summed E-state index contributed by atoms with van der Waals surface area (Å²) in [7, 11) is 3.15. The number of hydrogen-bond donors (Lipinski definition) is 0. The molecule has 0 unspecified atom stereocenters. The molecule has 3 heteroatoms. The third kappa shape index (κ3) is 3.86. The zero-order chi connectivity index (χ0) is 12.8. The Kier molecular flexibility index (Phi) is 5.16. The molecule has 0 radical (unpaired) electrons. The molecule has 0 aliphatic heterocycles. The van der Waals surface area contributed by atoms with Crippen molar-refractivity contribution in [3.8, 4) is 0 Å². The van der Waals surface area contributed by atoms with E-state index >= 15 is 0 Å². The van der Waals surface area contributed by atoms with Gasteiger partial charge in [-0.3, -0.25) is 9.63 Å². The van der Waals surface area contributed by atoms with E-state index in [4.69, 9.17) is 4.84 Å². The van der Waals surface area contributed by atoms with Gasteiger partial charge in [0.05, 0.1) is 7.11 Å². The molecule has 0 aliphatic rings. The van der Waals surface area contributed by atoms with Crippen LogP contribution in [0, 0.1) is 6.92 Å². The van der Waals surface area contributed by atoms with Gasteiger partial charge < -0.3 is 0 Å². The average molecular weight is 235 g/mol. The highest BCUT2D eigenvalue weighted by Gasteiger charge is 2.17. The number of amides is 1. The lowest BCUT2D eigenvalue weighted by Crippen LogP contribution is -2.26. The molecule has 0 saturated heterocycles. The highest BCUT2D eigenvalue weighted by molar-refractivity contribution is 5.75. The molecule has 1 atom stereocenters. The summed E-state index contributed by atoms with van der Waals surface area (Å²) in [5.41, 5.74) is 2.46. The second-order valence-electron chi connectivity index (χ2n) is 4.30. The standard InChI is InChI=1S/C14H21NO2/c1-5-12(10-14(16)15(3)17-4)13-8-6-7-11(2)9-13/h6-9,12H,5,10H2,1-4H3/t12-/m1/s1. The average Bonchev–Trinajstić information content (AvgIpc) is 2.34. The van der Waals surface area contributed by atoms with E-state index in [2.05, 4.69) is 32.0 Å². The third-order valence-electron chi connectivity index (χ3n) is 3.05. The van der Waals surface area contributed by atoms with Gasteiger partial charge in [0.1, 0.15) is 0 Å². The summed E-state index contributed by atoms with van der Waals surface area (Å²) in [6.45, 7) is 4.17. The van der Waals surface area contributed by atoms with Crippen LogP contribution < -0.4 is 0 Å². The van der Waals surface area contributed by atoms with Crippen LogP contribution in [0.5, 0.6) is 0 Å². The smallest absolute Gasteiger partial charge is 0.246 e. The molecular weight excluding hydrogens is 214 g/mol. The van der Waals surface area contributed by atoms with Crippen molar-refractivity contribution in [2.24, 2.45) is 0 Å². The maximum atomic E-state index is 11.8. The van der Waals surface area contributed by atoms with Crippen LogP contribution in [-0.2, 0) is 9.63 Å². The minimum Gasteiger partial charge on any atom is -0.275 e. The number of hydroxylamine groups is 2. The fraction of sp³-hybridized carbons (Fsp3) is 0.500. The maximum Gasteiger partial charge on any atom is 0.246 e. The zero-order valence-electron chi connectivity index (χ0n) is 11.1. The number of carbonyl (C=O) groups is 1. The van der Waals surface area contributed by atoms with Gasteiger partial charge in [-0.1, -0.05) is 36.8 Å². The van der Waals surface area contributed by atoms with Crippen molar-refractivity contribution in [1.82, 2.24) is 5.06 Å². The first-order chi connectivity index (χ1) is 8.08. The molecule has 0 spiro atoms. The second-order valence-corrected chi connectivity index (χ2v) is 4.30. The molecule has 0 aliphatic carbocycles. The highest BCUT2D eigenvalue weighted by Crippen LogP contribution is 2.24. The fourth-order valence-electron chi connectivity index (χ4n) is 1.86. The number of benzene rings is 1. The van der Waals surface area contributed by atoms with Crippen molar-refractivity contribution in [2.45, 2.75) is 32.6 Å². The second kappa shape index (κ2) is 6.40. The number of carbonyl (C=O) groups excluding carboxylic acids is 1. The van der Waals surface area contributed by atoms with Gasteiger partial charge in [-0.2, -0.15) is 0 Å². The van der Waals surface area contributed by atoms with Gasteiger partial charge in [0.25, 0.3) is 0 Å². The van der Waals surface area contributed by atoms with Gasteiger partial charge in [-0.15, -0.1) is 0 Å². The fourth-order valence-corrected chi connectivity index (χ4v) is 1.86. The summed E-state index contributed by atoms with van der Waals surface area (Å²) >= 11 is 0. The third-order valence-corrected chi connectivity index (χ3v) is 3.05. The van der Waals surface area contributed by atoms with E-state index in [1.165, 1.54) is 23.3 Å². The summed E-state index contributed by atoms with van der Waals surface area (Å²) < 4.78 is 0. The molecule has 0 fully saturated rings. The lowest BCUT2D eigenvalue weighted by molar-refractivity contribution is -0.169. The van der Waals surface area contributed by atoms with Crippen LogP contribution >= 0.6 is 0 Å². The van der Waals surface area contributed by atoms with Crippen molar-refractivity contribution < 1.29 is 9.63 Å². The highest BCUT2D eigenvalue weighted by atomic mass is 16.7. The first-order valence-corrected chi connectivity index (χ1v) is 5.95. The molecule has 0 saturated carbocycles. The van der Waals surface area contributed by atoms with E-state index < -0.39 is 0 Å². The van der Waals surface area contributed by atoms with E-state index in [-0.39, 0.29) is 11.8 Å². The van der Waals surface area contributed by atoms with Crippen molar-refractivity contribution in [3.63, 3.8) is 0 Å². The Morgan fingerprint density at radius 3 is 2.71 bits per heavy atom. The molecule has 1 rings (SSSR count). The molecule has 1 aromatic carbocycles. The molecule has 1 amide bonds. The lowest BCUT2D eigenvalue weighted by Gasteiger charge is -2.19. The Morgan fingerprint density at radius 1 is 1.47 bits per heavy atom. The lowest BCUT2D eigenvalue weighted by atomic mass is 9.92. The maximum absolute atomic E-state index is 11.8. The van der Waals surface area contributed by atoms with Gasteiger partial charge in [0.2, 0.25) is 5.91 Å². The van der Waals surface area contributed by atoms with Crippen molar-refractivity contribution in [1.29, 1.82) is 0 Å². The van der Waals surface area contributed by atoms with Crippen molar-refractivity contribution in [3.05, 3.63) is 35.4 Å². The first-order valence-electron chi connectivity index (χ1n) is 5.95. The van der Waals surface area contributed by atoms with Gasteiger partial charge in [0, 0.05) is 13.5 Å². The van der Waals surface area contributed by atoms with Gasteiger partial charge in [-0.05, 0) is 24.8 Å². The van der Waals surface area contributed by atoms with E-state index in [0.717, 1.165) is 6.42 Å². The minimum atomic E-state index is 0.0147. The van der Waals surface area contributed by atoms with Crippen molar-refractivity contribution in [2.75, 3.05) is 14.2 Å². The molecule has 0 bridgehead atoms. The molecule has 0 heterocycles. The molecular formula is C14H21NO2. The normalized spacial score (nSPS) is 12.2. The zero-order valence-corrected chi connectivity index (χ0v) is 11.1. The predicted molar refractivity (Wildman–Crippen MR) is 68.6 cm³/mol. The van der Waals surface area contributed by atoms with Crippen LogP contribution in [-0.4, -0.2) is 25.1 Å². The van der Waals surface area contributed by atoms with E-state index in [0.29, 0.717) is 6.42 Å². The molecule has 0 aromatic heterocycles. The van der Waals surface area contributed by atoms with Crippen LogP contribution in [0.2, 0.25) is 0 Å². The molecule has 94 valence electrons. The molecule has 17 heavy (non-hydrogen) atoms. The van der Waals surface area contributed by atoms with Gasteiger partial charge >= 0.3 is 0 Å². The molecule has 1 aromatic rings. The van der Waals surface area contributed by atoms with E-state index in [1.54, 1.807) is 7.05 Å². The Labute approximate surface area is 103 Å². The Morgan fingerprint density at radius 2 is 2.18 bits per heavy atom. The molecule has 3 nitrogen and oxygen atoms in total. The topological polar surface area (TPSA) is 29.5 Å². The number of nitrogens with zero attached hydrogens (tertiary/aromatic N) is 1. The van der Waals surface area contributed by atoms with Crippen LogP contribution in [0.3, 0.4) is 0 Å². The number of aryl methyl sites for hydroxylation is 1. The summed E-state index contributed by atoms with van der Waals surface area (Å²) in [5.74, 6) is 0.279. The van der Waals surface area contributed by atoms with Crippen molar-refractivity contribution >= 4 is 5.91 Å². The van der Waals surface area contributed by atoms with Gasteiger partial charge in [0.15, 0.2) is 0 Å². The van der Waals surface area contributed by atoms with Crippen LogP contribution in [0.1, 0.15) is 36.8 Å². The van der Waals surface area contributed by atoms with Crippen LogP contribution in [0.15, 0.2) is 24.3 Å². The van der Waals surface area contributed by atoms with Gasteiger partial charge in [-0.25, -0.2) is 5.06 Å². The Hall–Kier alpha value is -1.35. The number of rotatable bonds is 5. The summed E-state index contributed by atoms with van der Waals surface area (Å²) in [6.07, 6.45) is 1.44. The molecule has 0 N–H and O–H groups in total. The Balaban J connectivity index is 2.75.